The van der Waals surface area contributed by atoms with Crippen molar-refractivity contribution in [3.05, 3.63) is 35.7 Å². The van der Waals surface area contributed by atoms with E-state index >= 15 is 0 Å². The van der Waals surface area contributed by atoms with Gasteiger partial charge in [0.15, 0.2) is 6.29 Å². The average Bonchev–Trinajstić information content (AvgIpc) is 2.80. The van der Waals surface area contributed by atoms with E-state index in [0.717, 1.165) is 0 Å². The fourth-order valence-corrected chi connectivity index (χ4v) is 2.24. The lowest BCUT2D eigenvalue weighted by atomic mass is 10.2. The van der Waals surface area contributed by atoms with Gasteiger partial charge in [-0.15, -0.1) is 5.10 Å². The molecule has 0 amide bonds. The molecule has 2 aromatic rings. The Hall–Kier alpha value is -2.06. The van der Waals surface area contributed by atoms with Gasteiger partial charge in [0.2, 0.25) is 10.0 Å². The van der Waals surface area contributed by atoms with Crippen LogP contribution in [0.15, 0.2) is 29.2 Å². The summed E-state index contributed by atoms with van der Waals surface area (Å²) >= 11 is 0. The van der Waals surface area contributed by atoms with Crippen LogP contribution in [0.1, 0.15) is 23.1 Å². The minimum absolute atomic E-state index is 0.0185. The summed E-state index contributed by atoms with van der Waals surface area (Å²) in [7, 11) is -3.72. The van der Waals surface area contributed by atoms with Crippen LogP contribution in [-0.4, -0.2) is 29.7 Å². The predicted octanol–water partition coefficient (Wildman–Crippen LogP) is 0.290. The molecule has 1 aromatic heterocycles. The van der Waals surface area contributed by atoms with Crippen LogP contribution in [0.4, 0.5) is 0 Å². The van der Waals surface area contributed by atoms with Gasteiger partial charge in [0.05, 0.1) is 16.3 Å². The molecule has 0 aliphatic heterocycles. The fourth-order valence-electron chi connectivity index (χ4n) is 1.72. The van der Waals surface area contributed by atoms with Gasteiger partial charge in [0.1, 0.15) is 5.69 Å². The highest BCUT2D eigenvalue weighted by Gasteiger charge is 2.13. The number of aldehydes is 1. The van der Waals surface area contributed by atoms with Gasteiger partial charge in [0.25, 0.3) is 0 Å². The van der Waals surface area contributed by atoms with Crippen LogP contribution in [0.25, 0.3) is 5.69 Å². The zero-order chi connectivity index (χ0) is 14.0. The smallest absolute Gasteiger partial charge is 0.238 e. The largest absolute Gasteiger partial charge is 0.296 e. The van der Waals surface area contributed by atoms with Crippen molar-refractivity contribution in [2.45, 2.75) is 18.2 Å². The molecule has 0 radical (unpaired) electrons. The summed E-state index contributed by atoms with van der Waals surface area (Å²) in [4.78, 5) is 10.8. The van der Waals surface area contributed by atoms with Crippen molar-refractivity contribution in [2.24, 2.45) is 5.14 Å². The molecular weight excluding hydrogens is 268 g/mol. The summed E-state index contributed by atoms with van der Waals surface area (Å²) < 4.78 is 23.8. The van der Waals surface area contributed by atoms with Gasteiger partial charge in [-0.3, -0.25) is 4.79 Å². The first-order valence-corrected chi connectivity index (χ1v) is 7.05. The number of nitrogens with two attached hydrogens (primary N) is 1. The van der Waals surface area contributed by atoms with Crippen molar-refractivity contribution in [1.29, 1.82) is 0 Å². The van der Waals surface area contributed by atoms with E-state index in [-0.39, 0.29) is 10.6 Å². The second-order valence-corrected chi connectivity index (χ2v) is 5.40. The van der Waals surface area contributed by atoms with Gasteiger partial charge in [-0.2, -0.15) is 0 Å². The first-order valence-electron chi connectivity index (χ1n) is 5.50. The highest BCUT2D eigenvalue weighted by Crippen LogP contribution is 2.15. The molecule has 0 spiro atoms. The van der Waals surface area contributed by atoms with Crippen LogP contribution in [0.5, 0.6) is 0 Å². The summed E-state index contributed by atoms with van der Waals surface area (Å²) in [6.45, 7) is 1.88. The molecule has 0 aliphatic carbocycles. The van der Waals surface area contributed by atoms with Gasteiger partial charge in [-0.25, -0.2) is 18.2 Å². The molecule has 2 N–H and O–H groups in total. The van der Waals surface area contributed by atoms with Crippen molar-refractivity contribution in [3.8, 4) is 5.69 Å². The Morgan fingerprint density at radius 2 is 1.95 bits per heavy atom. The third-order valence-electron chi connectivity index (χ3n) is 2.65. The molecule has 0 bridgehead atoms. The standard InChI is InChI=1S/C11H12N4O3S/c1-2-11-10(7-16)13-14-15(11)8-3-5-9(6-4-8)19(12,17)18/h3-7H,2H2,1H3,(H2,12,17,18). The lowest BCUT2D eigenvalue weighted by Crippen LogP contribution is -2.12. The van der Waals surface area contributed by atoms with Crippen LogP contribution >= 0.6 is 0 Å². The quantitative estimate of drug-likeness (QED) is 0.810. The van der Waals surface area contributed by atoms with Gasteiger partial charge in [0, 0.05) is 0 Å². The number of rotatable bonds is 4. The maximum atomic E-state index is 11.2. The third-order valence-corrected chi connectivity index (χ3v) is 3.58. The second-order valence-electron chi connectivity index (χ2n) is 3.84. The summed E-state index contributed by atoms with van der Waals surface area (Å²) in [5.41, 5.74) is 1.56. The highest BCUT2D eigenvalue weighted by atomic mass is 32.2. The monoisotopic (exact) mass is 280 g/mol. The lowest BCUT2D eigenvalue weighted by molar-refractivity contribution is 0.111. The Balaban J connectivity index is 2.49. The summed E-state index contributed by atoms with van der Waals surface area (Å²) in [6, 6.07) is 5.88. The molecule has 2 rings (SSSR count). The van der Waals surface area contributed by atoms with Crippen molar-refractivity contribution in [1.82, 2.24) is 15.0 Å². The molecule has 0 unspecified atom stereocenters. The second kappa shape index (κ2) is 4.90. The molecule has 8 heteroatoms. The first kappa shape index (κ1) is 13.4. The number of hydrogen-bond acceptors (Lipinski definition) is 5. The van der Waals surface area contributed by atoms with Crippen molar-refractivity contribution in [3.63, 3.8) is 0 Å². The minimum atomic E-state index is -3.72. The zero-order valence-corrected chi connectivity index (χ0v) is 11.0. The third kappa shape index (κ3) is 2.54. The molecule has 100 valence electrons. The molecule has 0 fully saturated rings. The van der Waals surface area contributed by atoms with Crippen molar-refractivity contribution >= 4 is 16.3 Å². The Morgan fingerprint density at radius 1 is 1.32 bits per heavy atom. The van der Waals surface area contributed by atoms with E-state index in [1.165, 1.54) is 16.8 Å². The topological polar surface area (TPSA) is 108 Å². The first-order chi connectivity index (χ1) is 8.97. The number of hydrogen-bond donors (Lipinski definition) is 1. The van der Waals surface area contributed by atoms with Crippen LogP contribution in [-0.2, 0) is 16.4 Å². The fraction of sp³-hybridized carbons (Fsp3) is 0.182. The average molecular weight is 280 g/mol. The molecule has 1 aromatic carbocycles. The number of aromatic nitrogens is 3. The minimum Gasteiger partial charge on any atom is -0.296 e. The summed E-state index contributed by atoms with van der Waals surface area (Å²) in [6.07, 6.45) is 1.22. The molecule has 0 atom stereocenters. The highest BCUT2D eigenvalue weighted by molar-refractivity contribution is 7.89. The number of carbonyl (C=O) groups excluding carboxylic acids is 1. The Bertz CT molecular complexity index is 704. The van der Waals surface area contributed by atoms with E-state index in [2.05, 4.69) is 10.3 Å². The molecule has 0 saturated heterocycles. The molecule has 0 saturated carbocycles. The van der Waals surface area contributed by atoms with Crippen molar-refractivity contribution in [2.75, 3.05) is 0 Å². The summed E-state index contributed by atoms with van der Waals surface area (Å²) in [5, 5.41) is 12.6. The van der Waals surface area contributed by atoms with E-state index in [1.54, 1.807) is 12.1 Å². The SMILES string of the molecule is CCc1c(C=O)nnn1-c1ccc(S(N)(=O)=O)cc1. The predicted molar refractivity (Wildman–Crippen MR) is 67.5 cm³/mol. The zero-order valence-electron chi connectivity index (χ0n) is 10.1. The van der Waals surface area contributed by atoms with Gasteiger partial charge < -0.3 is 0 Å². The van der Waals surface area contributed by atoms with Gasteiger partial charge in [-0.1, -0.05) is 12.1 Å². The van der Waals surface area contributed by atoms with E-state index in [0.29, 0.717) is 24.1 Å². The maximum Gasteiger partial charge on any atom is 0.238 e. The van der Waals surface area contributed by atoms with Crippen molar-refractivity contribution < 1.29 is 13.2 Å². The van der Waals surface area contributed by atoms with Crippen LogP contribution in [0.2, 0.25) is 0 Å². The van der Waals surface area contributed by atoms with E-state index < -0.39 is 10.0 Å². The number of nitrogens with zero attached hydrogens (tertiary/aromatic N) is 3. The van der Waals surface area contributed by atoms with E-state index in [4.69, 9.17) is 5.14 Å². The lowest BCUT2D eigenvalue weighted by Gasteiger charge is -2.05. The Morgan fingerprint density at radius 3 is 2.42 bits per heavy atom. The van der Waals surface area contributed by atoms with Crippen LogP contribution < -0.4 is 5.14 Å². The molecule has 7 nitrogen and oxygen atoms in total. The maximum absolute atomic E-state index is 11.2. The molecule has 1 heterocycles. The number of primary sulfonamides is 1. The molecule has 19 heavy (non-hydrogen) atoms. The molecule has 0 aliphatic rings. The summed E-state index contributed by atoms with van der Waals surface area (Å²) in [5.74, 6) is 0. The number of benzene rings is 1. The molecular formula is C11H12N4O3S. The van der Waals surface area contributed by atoms with Gasteiger partial charge >= 0.3 is 0 Å². The van der Waals surface area contributed by atoms with Crippen LogP contribution in [0, 0.1) is 0 Å². The number of carbonyl (C=O) groups is 1. The van der Waals surface area contributed by atoms with E-state index in [1.807, 2.05) is 6.92 Å². The normalized spacial score (nSPS) is 11.5. The van der Waals surface area contributed by atoms with Gasteiger partial charge in [-0.05, 0) is 30.7 Å². The van der Waals surface area contributed by atoms with Crippen LogP contribution in [0.3, 0.4) is 0 Å². The Kier molecular flexibility index (Phi) is 3.45. The number of sulfonamides is 1. The van der Waals surface area contributed by atoms with E-state index in [9.17, 15) is 13.2 Å². The Labute approximate surface area is 110 Å².